The van der Waals surface area contributed by atoms with Gasteiger partial charge in [-0.2, -0.15) is 4.98 Å². The number of aromatic nitrogens is 3. The molecule has 6 nitrogen and oxygen atoms in total. The SMILES string of the molecule is CCCC1(NCCc2ccc(Br)cc2)CCN(c2n[nH]c(N)n2)CC1.Cl.Cl. The summed E-state index contributed by atoms with van der Waals surface area (Å²) in [5.41, 5.74) is 7.24. The first-order chi connectivity index (χ1) is 12.1. The van der Waals surface area contributed by atoms with Crippen LogP contribution in [0.1, 0.15) is 38.2 Å². The molecule has 0 atom stereocenters. The number of piperidine rings is 1. The Balaban J connectivity index is 0.00000182. The van der Waals surface area contributed by atoms with Crippen LogP contribution in [0.2, 0.25) is 0 Å². The molecule has 1 aliphatic heterocycles. The van der Waals surface area contributed by atoms with E-state index in [0.29, 0.717) is 5.95 Å². The Hall–Kier alpha value is -1.02. The molecule has 3 rings (SSSR count). The van der Waals surface area contributed by atoms with Crippen LogP contribution in [0.25, 0.3) is 0 Å². The third-order valence-electron chi connectivity index (χ3n) is 5.05. The van der Waals surface area contributed by atoms with Gasteiger partial charge in [-0.3, -0.25) is 0 Å². The van der Waals surface area contributed by atoms with Crippen LogP contribution in [-0.4, -0.2) is 40.4 Å². The molecule has 0 amide bonds. The molecule has 27 heavy (non-hydrogen) atoms. The molecule has 1 saturated heterocycles. The number of H-pyrrole nitrogens is 1. The number of nitrogen functional groups attached to an aromatic ring is 1. The van der Waals surface area contributed by atoms with E-state index in [1.165, 1.54) is 18.4 Å². The summed E-state index contributed by atoms with van der Waals surface area (Å²) in [5.74, 6) is 1.10. The summed E-state index contributed by atoms with van der Waals surface area (Å²) in [7, 11) is 0. The maximum absolute atomic E-state index is 5.65. The van der Waals surface area contributed by atoms with Crippen molar-refractivity contribution < 1.29 is 0 Å². The highest BCUT2D eigenvalue weighted by Gasteiger charge is 2.34. The van der Waals surface area contributed by atoms with Crippen molar-refractivity contribution in [1.29, 1.82) is 0 Å². The smallest absolute Gasteiger partial charge is 0.246 e. The van der Waals surface area contributed by atoms with Crippen molar-refractivity contribution in [2.24, 2.45) is 0 Å². The van der Waals surface area contributed by atoms with Crippen LogP contribution in [0.4, 0.5) is 11.9 Å². The van der Waals surface area contributed by atoms with Gasteiger partial charge in [-0.05, 0) is 49.9 Å². The van der Waals surface area contributed by atoms with E-state index in [1.807, 2.05) is 0 Å². The van der Waals surface area contributed by atoms with Gasteiger partial charge in [-0.1, -0.05) is 41.4 Å². The van der Waals surface area contributed by atoms with Crippen molar-refractivity contribution in [3.05, 3.63) is 34.3 Å². The second-order valence-corrected chi connectivity index (χ2v) is 7.76. The average Bonchev–Trinajstić information content (AvgIpc) is 3.04. The molecule has 0 aliphatic carbocycles. The predicted molar refractivity (Wildman–Crippen MR) is 120 cm³/mol. The predicted octanol–water partition coefficient (Wildman–Crippen LogP) is 3.96. The van der Waals surface area contributed by atoms with Gasteiger partial charge in [0.2, 0.25) is 11.9 Å². The van der Waals surface area contributed by atoms with Crippen LogP contribution in [0.15, 0.2) is 28.7 Å². The first-order valence-corrected chi connectivity index (χ1v) is 9.82. The molecule has 0 saturated carbocycles. The Labute approximate surface area is 182 Å². The normalized spacial score (nSPS) is 15.7. The number of nitrogens with zero attached hydrogens (tertiary/aromatic N) is 3. The largest absolute Gasteiger partial charge is 0.368 e. The highest BCUT2D eigenvalue weighted by atomic mass is 79.9. The molecule has 0 bridgehead atoms. The Bertz CT molecular complexity index is 671. The first-order valence-electron chi connectivity index (χ1n) is 9.02. The van der Waals surface area contributed by atoms with E-state index in [0.717, 1.165) is 49.3 Å². The van der Waals surface area contributed by atoms with E-state index >= 15 is 0 Å². The van der Waals surface area contributed by atoms with Gasteiger partial charge in [0, 0.05) is 23.1 Å². The fourth-order valence-corrected chi connectivity index (χ4v) is 3.92. The second-order valence-electron chi connectivity index (χ2n) is 6.84. The van der Waals surface area contributed by atoms with Crippen LogP contribution in [0.3, 0.4) is 0 Å². The van der Waals surface area contributed by atoms with E-state index in [-0.39, 0.29) is 30.4 Å². The zero-order valence-electron chi connectivity index (χ0n) is 15.6. The van der Waals surface area contributed by atoms with E-state index in [4.69, 9.17) is 5.73 Å². The third kappa shape index (κ3) is 6.52. The average molecular weight is 480 g/mol. The van der Waals surface area contributed by atoms with Crippen molar-refractivity contribution in [1.82, 2.24) is 20.5 Å². The number of hydrogen-bond acceptors (Lipinski definition) is 5. The number of benzene rings is 1. The molecular weight excluding hydrogens is 451 g/mol. The fraction of sp³-hybridized carbons (Fsp3) is 0.556. The van der Waals surface area contributed by atoms with Gasteiger partial charge >= 0.3 is 0 Å². The summed E-state index contributed by atoms with van der Waals surface area (Å²) >= 11 is 3.49. The monoisotopic (exact) mass is 478 g/mol. The fourth-order valence-electron chi connectivity index (χ4n) is 3.66. The maximum Gasteiger partial charge on any atom is 0.246 e. The Kier molecular flexibility index (Phi) is 9.87. The summed E-state index contributed by atoms with van der Waals surface area (Å²) in [5, 5.41) is 10.8. The highest BCUT2D eigenvalue weighted by molar-refractivity contribution is 9.10. The standard InChI is InChI=1S/C18H27BrN6.2ClH/c1-2-8-18(21-11-7-14-3-5-15(19)6-4-14)9-12-25(13-10-18)17-22-16(20)23-24-17;;/h3-6,21H,2,7-13H2,1H3,(H3,20,22,23,24);2*1H. The number of hydrogen-bond donors (Lipinski definition) is 3. The molecule has 0 unspecified atom stereocenters. The molecule has 1 fully saturated rings. The molecule has 9 heteroatoms. The lowest BCUT2D eigenvalue weighted by atomic mass is 9.83. The van der Waals surface area contributed by atoms with Crippen molar-refractivity contribution in [3.63, 3.8) is 0 Å². The van der Waals surface area contributed by atoms with E-state index < -0.39 is 0 Å². The third-order valence-corrected chi connectivity index (χ3v) is 5.58. The molecule has 152 valence electrons. The van der Waals surface area contributed by atoms with Crippen LogP contribution >= 0.6 is 40.7 Å². The van der Waals surface area contributed by atoms with Crippen LogP contribution < -0.4 is 16.0 Å². The topological polar surface area (TPSA) is 82.9 Å². The molecular formula is C18H29BrCl2N6. The minimum atomic E-state index is 0. The zero-order valence-corrected chi connectivity index (χ0v) is 18.8. The van der Waals surface area contributed by atoms with Gasteiger partial charge in [0.15, 0.2) is 0 Å². The summed E-state index contributed by atoms with van der Waals surface area (Å²) in [4.78, 5) is 6.47. The summed E-state index contributed by atoms with van der Waals surface area (Å²) in [6.07, 6.45) is 5.67. The number of nitrogens with one attached hydrogen (secondary N) is 2. The highest BCUT2D eigenvalue weighted by Crippen LogP contribution is 2.29. The van der Waals surface area contributed by atoms with Gasteiger partial charge in [0.05, 0.1) is 0 Å². The number of aromatic amines is 1. The van der Waals surface area contributed by atoms with Crippen molar-refractivity contribution >= 4 is 52.6 Å². The molecule has 4 N–H and O–H groups in total. The Morgan fingerprint density at radius 1 is 1.22 bits per heavy atom. The van der Waals surface area contributed by atoms with Gasteiger partial charge in [-0.15, -0.1) is 29.9 Å². The summed E-state index contributed by atoms with van der Waals surface area (Å²) in [6, 6.07) is 8.60. The number of rotatable bonds is 7. The lowest BCUT2D eigenvalue weighted by Gasteiger charge is -2.42. The van der Waals surface area contributed by atoms with Crippen LogP contribution in [0.5, 0.6) is 0 Å². The first kappa shape index (κ1) is 24.0. The van der Waals surface area contributed by atoms with Gasteiger partial charge in [0.1, 0.15) is 0 Å². The molecule has 2 heterocycles. The maximum atomic E-state index is 5.65. The summed E-state index contributed by atoms with van der Waals surface area (Å²) < 4.78 is 1.13. The quantitative estimate of drug-likeness (QED) is 0.559. The minimum Gasteiger partial charge on any atom is -0.368 e. The molecule has 0 radical (unpaired) electrons. The molecule has 1 aromatic heterocycles. The van der Waals surface area contributed by atoms with Crippen LogP contribution in [-0.2, 0) is 6.42 Å². The van der Waals surface area contributed by atoms with E-state index in [2.05, 4.69) is 72.5 Å². The Morgan fingerprint density at radius 3 is 2.44 bits per heavy atom. The molecule has 1 aromatic carbocycles. The minimum absolute atomic E-state index is 0. The Morgan fingerprint density at radius 2 is 1.89 bits per heavy atom. The molecule has 0 spiro atoms. The lowest BCUT2D eigenvalue weighted by Crippen LogP contribution is -2.54. The van der Waals surface area contributed by atoms with Crippen molar-refractivity contribution in [3.8, 4) is 0 Å². The van der Waals surface area contributed by atoms with Gasteiger partial charge in [-0.25, -0.2) is 5.10 Å². The number of anilines is 2. The van der Waals surface area contributed by atoms with Crippen molar-refractivity contribution in [2.45, 2.75) is 44.6 Å². The van der Waals surface area contributed by atoms with Gasteiger partial charge in [0.25, 0.3) is 0 Å². The molecule has 2 aromatic rings. The van der Waals surface area contributed by atoms with Crippen molar-refractivity contribution in [2.75, 3.05) is 30.3 Å². The molecule has 1 aliphatic rings. The van der Waals surface area contributed by atoms with E-state index in [1.54, 1.807) is 0 Å². The number of nitrogens with two attached hydrogens (primary N) is 1. The second kappa shape index (κ2) is 11.1. The summed E-state index contributed by atoms with van der Waals surface area (Å²) in [6.45, 7) is 5.20. The lowest BCUT2D eigenvalue weighted by molar-refractivity contribution is 0.240. The van der Waals surface area contributed by atoms with E-state index in [9.17, 15) is 0 Å². The van der Waals surface area contributed by atoms with Gasteiger partial charge < -0.3 is 16.0 Å². The zero-order chi connectivity index (χ0) is 17.7. The van der Waals surface area contributed by atoms with Crippen LogP contribution in [0, 0.1) is 0 Å². The number of halogens is 3.